The van der Waals surface area contributed by atoms with Gasteiger partial charge in [0.25, 0.3) is 0 Å². The van der Waals surface area contributed by atoms with Crippen LogP contribution in [0, 0.1) is 11.8 Å². The molecule has 0 aromatic heterocycles. The van der Waals surface area contributed by atoms with Crippen LogP contribution in [0.3, 0.4) is 0 Å². The largest absolute Gasteiger partial charge is 0.493 e. The van der Waals surface area contributed by atoms with Crippen LogP contribution in [0.25, 0.3) is 0 Å². The minimum atomic E-state index is -0.519. The highest BCUT2D eigenvalue weighted by atomic mass is 35.5. The zero-order valence-electron chi connectivity index (χ0n) is 19.8. The molecule has 1 aromatic rings. The molecule has 4 rings (SSSR count). The Morgan fingerprint density at radius 3 is 2.39 bits per heavy atom. The fourth-order valence-corrected chi connectivity index (χ4v) is 5.69. The number of methoxy groups -OCH3 is 1. The summed E-state index contributed by atoms with van der Waals surface area (Å²) in [7, 11) is 3.86. The molecule has 3 N–H and O–H groups in total. The Morgan fingerprint density at radius 1 is 1.09 bits per heavy atom. The number of benzene rings is 1. The highest BCUT2D eigenvalue weighted by Gasteiger charge is 2.42. The van der Waals surface area contributed by atoms with Crippen molar-refractivity contribution in [2.24, 2.45) is 11.8 Å². The number of fused-ring (bicyclic) bond motifs is 1. The maximum absolute atomic E-state index is 10.4. The van der Waals surface area contributed by atoms with Gasteiger partial charge in [-0.15, -0.1) is 24.8 Å². The molecule has 2 aliphatic carbocycles. The fourth-order valence-electron chi connectivity index (χ4n) is 5.69. The number of piperazine rings is 1. The summed E-state index contributed by atoms with van der Waals surface area (Å²) >= 11 is 0. The number of rotatable bonds is 9. The van der Waals surface area contributed by atoms with E-state index in [1.807, 2.05) is 12.1 Å². The van der Waals surface area contributed by atoms with E-state index in [4.69, 9.17) is 9.47 Å². The minimum absolute atomic E-state index is 0. The van der Waals surface area contributed by atoms with Crippen molar-refractivity contribution in [3.63, 3.8) is 0 Å². The predicted octanol–water partition coefficient (Wildman–Crippen LogP) is 2.17. The van der Waals surface area contributed by atoms with Crippen molar-refractivity contribution < 1.29 is 19.7 Å². The van der Waals surface area contributed by atoms with Gasteiger partial charge in [-0.25, -0.2) is 0 Å². The molecule has 3 aliphatic rings. The van der Waals surface area contributed by atoms with Gasteiger partial charge in [0.05, 0.1) is 13.2 Å². The van der Waals surface area contributed by atoms with E-state index in [0.717, 1.165) is 45.6 Å². The molecule has 0 amide bonds. The van der Waals surface area contributed by atoms with Crippen LogP contribution in [0.1, 0.15) is 31.2 Å². The number of aliphatic hydroxyl groups is 2. The first-order valence-corrected chi connectivity index (χ1v) is 11.8. The fraction of sp³-hybridized carbons (Fsp3) is 0.750. The maximum atomic E-state index is 10.4. The average molecular weight is 507 g/mol. The van der Waals surface area contributed by atoms with Crippen LogP contribution in [0.4, 0.5) is 0 Å². The molecule has 1 aromatic carbocycles. The number of nitrogens with zero attached hydrogens (tertiary/aromatic N) is 2. The van der Waals surface area contributed by atoms with Gasteiger partial charge >= 0.3 is 0 Å². The first kappa shape index (κ1) is 28.4. The summed E-state index contributed by atoms with van der Waals surface area (Å²) in [4.78, 5) is 4.70. The third-order valence-corrected chi connectivity index (χ3v) is 7.36. The molecule has 1 aliphatic heterocycles. The molecule has 1 heterocycles. The van der Waals surface area contributed by atoms with Crippen molar-refractivity contribution in [1.82, 2.24) is 15.1 Å². The van der Waals surface area contributed by atoms with Crippen molar-refractivity contribution in [2.75, 3.05) is 53.5 Å². The van der Waals surface area contributed by atoms with Gasteiger partial charge in [0.1, 0.15) is 12.7 Å². The van der Waals surface area contributed by atoms with E-state index >= 15 is 0 Å². The van der Waals surface area contributed by atoms with Crippen molar-refractivity contribution in [3.05, 3.63) is 23.8 Å². The summed E-state index contributed by atoms with van der Waals surface area (Å²) in [5, 5.41) is 23.6. The quantitative estimate of drug-likeness (QED) is 0.474. The minimum Gasteiger partial charge on any atom is -0.493 e. The second kappa shape index (κ2) is 13.3. The Labute approximate surface area is 210 Å². The average Bonchev–Trinajstić information content (AvgIpc) is 3.31. The second-order valence-electron chi connectivity index (χ2n) is 9.69. The molecule has 3 fully saturated rings. The van der Waals surface area contributed by atoms with Gasteiger partial charge < -0.3 is 25.0 Å². The molecule has 0 radical (unpaired) electrons. The van der Waals surface area contributed by atoms with Gasteiger partial charge in [-0.3, -0.25) is 9.80 Å². The SMILES string of the molecule is COc1cc(CN(C)C2C[C@H]3CC(O)C[C@H]3C2)ccc1OCC(O)CN1CCNCC1.Cl.Cl. The summed E-state index contributed by atoms with van der Waals surface area (Å²) < 4.78 is 11.5. The van der Waals surface area contributed by atoms with Gasteiger partial charge in [-0.2, -0.15) is 0 Å². The molecular formula is C24H41Cl2N3O4. The monoisotopic (exact) mass is 505 g/mol. The molecule has 0 spiro atoms. The lowest BCUT2D eigenvalue weighted by atomic mass is 10.0. The third kappa shape index (κ3) is 7.59. The summed E-state index contributed by atoms with van der Waals surface area (Å²) in [5.41, 5.74) is 1.20. The van der Waals surface area contributed by atoms with Crippen LogP contribution in [0.15, 0.2) is 18.2 Å². The van der Waals surface area contributed by atoms with Crippen LogP contribution in [0.5, 0.6) is 11.5 Å². The van der Waals surface area contributed by atoms with Crippen LogP contribution < -0.4 is 14.8 Å². The molecular weight excluding hydrogens is 465 g/mol. The van der Waals surface area contributed by atoms with Crippen molar-refractivity contribution in [2.45, 2.75) is 50.5 Å². The zero-order chi connectivity index (χ0) is 21.8. The molecule has 3 unspecified atom stereocenters. The van der Waals surface area contributed by atoms with Crippen LogP contribution in [-0.4, -0.2) is 91.8 Å². The topological polar surface area (TPSA) is 77.4 Å². The molecule has 190 valence electrons. The molecule has 33 heavy (non-hydrogen) atoms. The van der Waals surface area contributed by atoms with Crippen LogP contribution >= 0.6 is 24.8 Å². The Balaban J connectivity index is 0.00000193. The van der Waals surface area contributed by atoms with Crippen molar-refractivity contribution in [3.8, 4) is 11.5 Å². The Hall–Kier alpha value is -0.800. The molecule has 5 atom stereocenters. The van der Waals surface area contributed by atoms with E-state index in [0.29, 0.717) is 35.9 Å². The third-order valence-electron chi connectivity index (χ3n) is 7.36. The Morgan fingerprint density at radius 2 is 1.76 bits per heavy atom. The van der Waals surface area contributed by atoms with Crippen molar-refractivity contribution in [1.29, 1.82) is 0 Å². The van der Waals surface area contributed by atoms with Crippen molar-refractivity contribution >= 4 is 24.8 Å². The first-order valence-electron chi connectivity index (χ1n) is 11.8. The maximum Gasteiger partial charge on any atom is 0.161 e. The number of nitrogens with one attached hydrogen (secondary N) is 1. The lowest BCUT2D eigenvalue weighted by Gasteiger charge is -2.29. The van der Waals surface area contributed by atoms with E-state index in [-0.39, 0.29) is 37.5 Å². The number of aliphatic hydroxyl groups excluding tert-OH is 2. The Kier molecular flexibility index (Phi) is 11.5. The van der Waals surface area contributed by atoms with Crippen LogP contribution in [0.2, 0.25) is 0 Å². The highest BCUT2D eigenvalue weighted by Crippen LogP contribution is 2.45. The van der Waals surface area contributed by atoms with Gasteiger partial charge in [0.2, 0.25) is 0 Å². The standard InChI is InChI=1S/C24H39N3O4.2ClH/c1-26(20-10-18-12-21(28)13-19(18)11-20)14-17-3-4-23(24(9-17)30-2)31-16-22(29)15-27-7-5-25-6-8-27;;/h3-4,9,18-22,25,28-29H,5-8,10-16H2,1-2H3;2*1H/t18-,19+,20?,21?,22?;;. The number of halogens is 2. The normalized spacial score (nSPS) is 28.0. The van der Waals surface area contributed by atoms with E-state index < -0.39 is 6.10 Å². The van der Waals surface area contributed by atoms with E-state index in [9.17, 15) is 10.2 Å². The molecule has 0 bridgehead atoms. The van der Waals surface area contributed by atoms with E-state index in [2.05, 4.69) is 28.2 Å². The van der Waals surface area contributed by atoms with Crippen LogP contribution in [-0.2, 0) is 6.54 Å². The lowest BCUT2D eigenvalue weighted by molar-refractivity contribution is 0.0632. The first-order chi connectivity index (χ1) is 15.0. The van der Waals surface area contributed by atoms with Gasteiger partial charge in [-0.05, 0) is 62.3 Å². The Bertz CT molecular complexity index is 709. The summed E-state index contributed by atoms with van der Waals surface area (Å²) in [6.07, 6.45) is 3.76. The second-order valence-corrected chi connectivity index (χ2v) is 9.69. The van der Waals surface area contributed by atoms with E-state index in [1.165, 1.54) is 18.4 Å². The zero-order valence-corrected chi connectivity index (χ0v) is 21.5. The molecule has 7 nitrogen and oxygen atoms in total. The lowest BCUT2D eigenvalue weighted by Crippen LogP contribution is -2.47. The van der Waals surface area contributed by atoms with Gasteiger partial charge in [0.15, 0.2) is 11.5 Å². The number of ether oxygens (including phenoxy) is 2. The number of hydrogen-bond acceptors (Lipinski definition) is 7. The number of β-amino-alcohol motifs (C(OH)–C–C–N with tert-alkyl or cyclic N) is 1. The summed E-state index contributed by atoms with van der Waals surface area (Å²) in [5.74, 6) is 2.78. The molecule has 9 heteroatoms. The van der Waals surface area contributed by atoms with Gasteiger partial charge in [0, 0.05) is 45.3 Å². The van der Waals surface area contributed by atoms with E-state index in [1.54, 1.807) is 7.11 Å². The summed E-state index contributed by atoms with van der Waals surface area (Å²) in [6, 6.07) is 6.69. The molecule has 2 saturated carbocycles. The number of hydrogen-bond donors (Lipinski definition) is 3. The highest BCUT2D eigenvalue weighted by molar-refractivity contribution is 5.85. The van der Waals surface area contributed by atoms with Gasteiger partial charge in [-0.1, -0.05) is 6.07 Å². The molecule has 1 saturated heterocycles. The summed E-state index contributed by atoms with van der Waals surface area (Å²) in [6.45, 7) is 5.64. The smallest absolute Gasteiger partial charge is 0.161 e. The predicted molar refractivity (Wildman–Crippen MR) is 135 cm³/mol.